The lowest BCUT2D eigenvalue weighted by Gasteiger charge is -2.12. The van der Waals surface area contributed by atoms with Gasteiger partial charge in [-0.25, -0.2) is 13.1 Å². The Morgan fingerprint density at radius 2 is 1.94 bits per heavy atom. The van der Waals surface area contributed by atoms with Gasteiger partial charge in [-0.3, -0.25) is 4.79 Å². The summed E-state index contributed by atoms with van der Waals surface area (Å²) in [6.45, 7) is 0. The highest BCUT2D eigenvalue weighted by Gasteiger charge is 2.23. The summed E-state index contributed by atoms with van der Waals surface area (Å²) in [4.78, 5) is 11.1. The number of rotatable bonds is 4. The van der Waals surface area contributed by atoms with Crippen LogP contribution in [0.3, 0.4) is 0 Å². The Balaban J connectivity index is 2.23. The lowest BCUT2D eigenvalue weighted by Crippen LogP contribution is -2.32. The molecule has 0 spiro atoms. The zero-order valence-corrected chi connectivity index (χ0v) is 11.3. The van der Waals surface area contributed by atoms with E-state index in [-0.39, 0.29) is 16.5 Å². The largest absolute Gasteiger partial charge is 0.276 e. The van der Waals surface area contributed by atoms with Crippen LogP contribution in [0.5, 0.6) is 0 Å². The highest BCUT2D eigenvalue weighted by molar-refractivity contribution is 7.89. The van der Waals surface area contributed by atoms with Gasteiger partial charge >= 0.3 is 0 Å². The summed E-state index contributed by atoms with van der Waals surface area (Å²) < 4.78 is 26.9. The molecule has 1 aromatic carbocycles. The third-order valence-electron chi connectivity index (χ3n) is 3.05. The van der Waals surface area contributed by atoms with Crippen molar-refractivity contribution in [3.05, 3.63) is 29.8 Å². The maximum Gasteiger partial charge on any atom is 0.252 e. The van der Waals surface area contributed by atoms with E-state index in [4.69, 9.17) is 11.6 Å². The van der Waals surface area contributed by atoms with E-state index >= 15 is 0 Å². The molecule has 0 atom stereocenters. The third-order valence-corrected chi connectivity index (χ3v) is 4.78. The molecule has 0 amide bonds. The van der Waals surface area contributed by atoms with Crippen molar-refractivity contribution in [3.8, 4) is 0 Å². The molecule has 4 nitrogen and oxygen atoms in total. The first-order valence-electron chi connectivity index (χ1n) is 5.81. The molecular formula is C12H14ClNO3S. The van der Waals surface area contributed by atoms with E-state index in [1.165, 1.54) is 24.3 Å². The summed E-state index contributed by atoms with van der Waals surface area (Å²) in [6.07, 6.45) is 3.83. The highest BCUT2D eigenvalue weighted by atomic mass is 35.5. The Kier molecular flexibility index (Phi) is 4.04. The Morgan fingerprint density at radius 3 is 2.56 bits per heavy atom. The summed E-state index contributed by atoms with van der Waals surface area (Å²) in [5, 5.41) is -0.659. The molecule has 1 N–H and O–H groups in total. The molecule has 1 aromatic rings. The van der Waals surface area contributed by atoms with Gasteiger partial charge in [0.2, 0.25) is 10.0 Å². The number of hydrogen-bond donors (Lipinski definition) is 1. The van der Waals surface area contributed by atoms with Gasteiger partial charge in [0.1, 0.15) is 0 Å². The Morgan fingerprint density at radius 1 is 1.28 bits per heavy atom. The first-order chi connectivity index (χ1) is 8.49. The summed E-state index contributed by atoms with van der Waals surface area (Å²) in [7, 11) is -3.56. The average molecular weight is 288 g/mol. The van der Waals surface area contributed by atoms with Crippen LogP contribution < -0.4 is 4.72 Å². The number of hydrogen-bond acceptors (Lipinski definition) is 3. The minimum atomic E-state index is -3.56. The Hall–Kier alpha value is -0.910. The lowest BCUT2D eigenvalue weighted by atomic mass is 10.2. The molecule has 2 rings (SSSR count). The fraction of sp³-hybridized carbons (Fsp3) is 0.417. The lowest BCUT2D eigenvalue weighted by molar-refractivity contribution is 0.108. The number of halogens is 1. The molecule has 0 saturated heterocycles. The molecule has 0 aromatic heterocycles. The highest BCUT2D eigenvalue weighted by Crippen LogP contribution is 2.21. The van der Waals surface area contributed by atoms with Crippen LogP contribution in [0.1, 0.15) is 36.0 Å². The Bertz CT molecular complexity index is 550. The molecule has 0 bridgehead atoms. The zero-order chi connectivity index (χ0) is 13.2. The number of nitrogens with one attached hydrogen (secondary N) is 1. The van der Waals surface area contributed by atoms with Gasteiger partial charge in [0.15, 0.2) is 0 Å². The van der Waals surface area contributed by atoms with E-state index in [1.807, 2.05) is 0 Å². The maximum atomic E-state index is 12.1. The molecule has 1 aliphatic rings. The van der Waals surface area contributed by atoms with Crippen molar-refractivity contribution in [1.82, 2.24) is 4.72 Å². The van der Waals surface area contributed by atoms with E-state index in [0.29, 0.717) is 0 Å². The topological polar surface area (TPSA) is 63.2 Å². The van der Waals surface area contributed by atoms with Gasteiger partial charge in [0.05, 0.1) is 4.90 Å². The second-order valence-electron chi connectivity index (χ2n) is 4.40. The van der Waals surface area contributed by atoms with Crippen LogP contribution >= 0.6 is 11.6 Å². The maximum absolute atomic E-state index is 12.1. The molecule has 1 saturated carbocycles. The molecule has 98 valence electrons. The molecule has 0 unspecified atom stereocenters. The average Bonchev–Trinajstić information content (AvgIpc) is 2.81. The molecular weight excluding hydrogens is 274 g/mol. The first-order valence-corrected chi connectivity index (χ1v) is 7.67. The van der Waals surface area contributed by atoms with Crippen LogP contribution in [-0.4, -0.2) is 19.7 Å². The number of carbonyl (C=O) groups excluding carboxylic acids is 1. The normalized spacial score (nSPS) is 16.9. The summed E-state index contributed by atoms with van der Waals surface area (Å²) in [5.41, 5.74) is 0.186. The van der Waals surface area contributed by atoms with Crippen LogP contribution in [0.25, 0.3) is 0 Å². The molecule has 1 aliphatic carbocycles. The van der Waals surface area contributed by atoms with Crippen molar-refractivity contribution < 1.29 is 13.2 Å². The van der Waals surface area contributed by atoms with Crippen molar-refractivity contribution in [2.24, 2.45) is 0 Å². The molecule has 0 radical (unpaired) electrons. The molecule has 18 heavy (non-hydrogen) atoms. The smallest absolute Gasteiger partial charge is 0.252 e. The van der Waals surface area contributed by atoms with Gasteiger partial charge in [0, 0.05) is 11.6 Å². The molecule has 1 fully saturated rings. The van der Waals surface area contributed by atoms with E-state index in [1.54, 1.807) is 0 Å². The van der Waals surface area contributed by atoms with Gasteiger partial charge in [-0.05, 0) is 36.6 Å². The quantitative estimate of drug-likeness (QED) is 0.864. The van der Waals surface area contributed by atoms with Crippen molar-refractivity contribution in [2.75, 3.05) is 0 Å². The second-order valence-corrected chi connectivity index (χ2v) is 6.46. The summed E-state index contributed by atoms with van der Waals surface area (Å²) in [5.74, 6) is 0. The fourth-order valence-corrected chi connectivity index (χ4v) is 3.58. The number of carbonyl (C=O) groups is 1. The van der Waals surface area contributed by atoms with Gasteiger partial charge in [-0.2, -0.15) is 0 Å². The van der Waals surface area contributed by atoms with Gasteiger partial charge < -0.3 is 0 Å². The number of benzene rings is 1. The van der Waals surface area contributed by atoms with E-state index in [0.717, 1.165) is 25.7 Å². The first kappa shape index (κ1) is 13.5. The summed E-state index contributed by atoms with van der Waals surface area (Å²) in [6, 6.07) is 5.76. The van der Waals surface area contributed by atoms with Crippen molar-refractivity contribution in [3.63, 3.8) is 0 Å². The minimum Gasteiger partial charge on any atom is -0.276 e. The van der Waals surface area contributed by atoms with Crippen LogP contribution in [0, 0.1) is 0 Å². The van der Waals surface area contributed by atoms with Crippen molar-refractivity contribution in [2.45, 2.75) is 36.6 Å². The Labute approximate surface area is 111 Å². The predicted molar refractivity (Wildman–Crippen MR) is 69.2 cm³/mol. The van der Waals surface area contributed by atoms with Crippen LogP contribution in [-0.2, 0) is 10.0 Å². The third kappa shape index (κ3) is 3.10. The van der Waals surface area contributed by atoms with Crippen molar-refractivity contribution in [1.29, 1.82) is 0 Å². The van der Waals surface area contributed by atoms with Crippen molar-refractivity contribution >= 4 is 26.9 Å². The van der Waals surface area contributed by atoms with Crippen LogP contribution in [0.15, 0.2) is 29.2 Å². The minimum absolute atomic E-state index is 0.00496. The molecule has 6 heteroatoms. The van der Waals surface area contributed by atoms with Gasteiger partial charge in [-0.1, -0.05) is 25.0 Å². The monoisotopic (exact) mass is 287 g/mol. The van der Waals surface area contributed by atoms with Crippen LogP contribution in [0.2, 0.25) is 0 Å². The van der Waals surface area contributed by atoms with E-state index < -0.39 is 15.3 Å². The number of sulfonamides is 1. The van der Waals surface area contributed by atoms with Gasteiger partial charge in [0.25, 0.3) is 5.24 Å². The zero-order valence-electron chi connectivity index (χ0n) is 9.73. The molecule has 0 aliphatic heterocycles. The standard InChI is InChI=1S/C12H14ClNO3S/c13-12(15)9-4-3-7-11(8-9)18(16,17)14-10-5-1-2-6-10/h3-4,7-8,10,14H,1-2,5-6H2. The SMILES string of the molecule is O=C(Cl)c1cccc(S(=O)(=O)NC2CCCC2)c1. The summed E-state index contributed by atoms with van der Waals surface area (Å²) >= 11 is 5.34. The predicted octanol–water partition coefficient (Wildman–Crippen LogP) is 2.29. The van der Waals surface area contributed by atoms with E-state index in [9.17, 15) is 13.2 Å². The van der Waals surface area contributed by atoms with E-state index in [2.05, 4.69) is 4.72 Å². The fourth-order valence-electron chi connectivity index (χ4n) is 2.12. The molecule has 0 heterocycles. The van der Waals surface area contributed by atoms with Gasteiger partial charge in [-0.15, -0.1) is 0 Å². The van der Waals surface area contributed by atoms with Crippen LogP contribution in [0.4, 0.5) is 0 Å². The second kappa shape index (κ2) is 5.38.